The summed E-state index contributed by atoms with van der Waals surface area (Å²) in [7, 11) is 3.86. The Hall–Kier alpha value is -2.80. The van der Waals surface area contributed by atoms with Gasteiger partial charge in [0.15, 0.2) is 0 Å². The molecule has 2 atom stereocenters. The highest BCUT2D eigenvalue weighted by atomic mass is 35.5. The second kappa shape index (κ2) is 8.48. The molecule has 2 heterocycles. The van der Waals surface area contributed by atoms with E-state index in [1.54, 1.807) is 11.1 Å². The molecule has 0 fully saturated rings. The summed E-state index contributed by atoms with van der Waals surface area (Å²) in [5.74, 6) is 0.806. The lowest BCUT2D eigenvalue weighted by molar-refractivity contribution is -0.117. The normalized spacial score (nSPS) is 17.9. The second-order valence-electron chi connectivity index (χ2n) is 7.05. The van der Waals surface area contributed by atoms with Crippen LogP contribution in [0.15, 0.2) is 36.5 Å². The topological polar surface area (TPSA) is 85.8 Å². The third-order valence-electron chi connectivity index (χ3n) is 4.86. The number of pyridine rings is 1. The standard InChI is InChI=1S/C20H24N4O3.ClH/c1-12-9-17(22-20(26)27)16-10-14(5-7-18(16)24(12)13(2)25)15-6-8-19(21-11-15)23(3)4;/h5-8,10-12,17,22H,9H2,1-4H3,(H,26,27);1H/t12-,17+;/m0./s1. The van der Waals surface area contributed by atoms with Crippen LogP contribution in [0.3, 0.4) is 0 Å². The van der Waals surface area contributed by atoms with Crippen LogP contribution in [0.2, 0.25) is 0 Å². The van der Waals surface area contributed by atoms with Crippen LogP contribution in [-0.2, 0) is 4.79 Å². The van der Waals surface area contributed by atoms with Gasteiger partial charge in [-0.05, 0) is 48.7 Å². The van der Waals surface area contributed by atoms with E-state index in [0.717, 1.165) is 28.2 Å². The molecule has 2 N–H and O–H groups in total. The number of hydrogen-bond donors (Lipinski definition) is 2. The van der Waals surface area contributed by atoms with Crippen molar-refractivity contribution in [2.24, 2.45) is 0 Å². The van der Waals surface area contributed by atoms with Gasteiger partial charge in [-0.1, -0.05) is 6.07 Å². The molecule has 0 aliphatic carbocycles. The third-order valence-corrected chi connectivity index (χ3v) is 4.86. The fraction of sp³-hybridized carbons (Fsp3) is 0.350. The number of aromatic nitrogens is 1. The van der Waals surface area contributed by atoms with Crippen LogP contribution < -0.4 is 15.1 Å². The van der Waals surface area contributed by atoms with E-state index >= 15 is 0 Å². The average molecular weight is 405 g/mol. The van der Waals surface area contributed by atoms with Crippen LogP contribution in [0.25, 0.3) is 11.1 Å². The minimum absolute atomic E-state index is 0. The molecule has 7 nitrogen and oxygen atoms in total. The molecule has 1 aromatic carbocycles. The number of anilines is 2. The molecule has 0 saturated carbocycles. The maximum atomic E-state index is 12.1. The van der Waals surface area contributed by atoms with Gasteiger partial charge in [-0.2, -0.15) is 0 Å². The highest BCUT2D eigenvalue weighted by molar-refractivity contribution is 5.94. The Kier molecular flexibility index (Phi) is 6.51. The number of rotatable bonds is 3. The molecule has 0 saturated heterocycles. The summed E-state index contributed by atoms with van der Waals surface area (Å²) < 4.78 is 0. The first-order chi connectivity index (χ1) is 12.8. The van der Waals surface area contributed by atoms with Crippen molar-refractivity contribution >= 4 is 35.9 Å². The molecule has 1 aliphatic rings. The summed E-state index contributed by atoms with van der Waals surface area (Å²) in [4.78, 5) is 31.5. The van der Waals surface area contributed by atoms with Crippen molar-refractivity contribution in [1.82, 2.24) is 10.3 Å². The predicted molar refractivity (Wildman–Crippen MR) is 112 cm³/mol. The maximum absolute atomic E-state index is 12.1. The number of halogens is 1. The lowest BCUT2D eigenvalue weighted by Gasteiger charge is -2.39. The Balaban J connectivity index is 0.00000280. The summed E-state index contributed by atoms with van der Waals surface area (Å²) >= 11 is 0. The Morgan fingerprint density at radius 1 is 1.21 bits per heavy atom. The fourth-order valence-corrected chi connectivity index (χ4v) is 3.63. The summed E-state index contributed by atoms with van der Waals surface area (Å²) in [5.41, 5.74) is 3.42. The molecule has 8 heteroatoms. The molecular weight excluding hydrogens is 380 g/mol. The summed E-state index contributed by atoms with van der Waals surface area (Å²) in [6.45, 7) is 3.46. The zero-order chi connectivity index (χ0) is 19.7. The van der Waals surface area contributed by atoms with Crippen molar-refractivity contribution < 1.29 is 14.7 Å². The van der Waals surface area contributed by atoms with E-state index in [2.05, 4.69) is 10.3 Å². The van der Waals surface area contributed by atoms with Gasteiger partial charge in [0, 0.05) is 44.5 Å². The Labute approximate surface area is 170 Å². The van der Waals surface area contributed by atoms with E-state index in [-0.39, 0.29) is 30.4 Å². The van der Waals surface area contributed by atoms with E-state index in [9.17, 15) is 14.7 Å². The zero-order valence-corrected chi connectivity index (χ0v) is 17.2. The molecule has 2 aromatic rings. The number of hydrogen-bond acceptors (Lipinski definition) is 4. The number of nitrogens with zero attached hydrogens (tertiary/aromatic N) is 3. The number of benzene rings is 1. The smallest absolute Gasteiger partial charge is 0.405 e. The average Bonchev–Trinajstić information content (AvgIpc) is 2.60. The highest BCUT2D eigenvalue weighted by Crippen LogP contribution is 2.39. The van der Waals surface area contributed by atoms with Crippen LogP contribution in [0.1, 0.15) is 31.9 Å². The van der Waals surface area contributed by atoms with Gasteiger partial charge in [-0.3, -0.25) is 4.79 Å². The van der Waals surface area contributed by atoms with Gasteiger partial charge < -0.3 is 20.2 Å². The predicted octanol–water partition coefficient (Wildman–Crippen LogP) is 3.69. The minimum atomic E-state index is -1.07. The van der Waals surface area contributed by atoms with E-state index in [1.165, 1.54) is 6.92 Å². The van der Waals surface area contributed by atoms with Crippen LogP contribution in [0.5, 0.6) is 0 Å². The monoisotopic (exact) mass is 404 g/mol. The molecule has 150 valence electrons. The van der Waals surface area contributed by atoms with Crippen molar-refractivity contribution in [2.75, 3.05) is 23.9 Å². The first-order valence-electron chi connectivity index (χ1n) is 8.85. The van der Waals surface area contributed by atoms with Crippen LogP contribution in [0.4, 0.5) is 16.3 Å². The molecule has 1 aromatic heterocycles. The fourth-order valence-electron chi connectivity index (χ4n) is 3.63. The number of fused-ring (bicyclic) bond motifs is 1. The number of carbonyl (C=O) groups excluding carboxylic acids is 1. The van der Waals surface area contributed by atoms with Gasteiger partial charge in [0.05, 0.1) is 6.04 Å². The summed E-state index contributed by atoms with van der Waals surface area (Å²) in [5, 5.41) is 11.8. The number of carbonyl (C=O) groups is 2. The molecule has 0 bridgehead atoms. The maximum Gasteiger partial charge on any atom is 0.405 e. The van der Waals surface area contributed by atoms with Gasteiger partial charge in [0.1, 0.15) is 5.82 Å². The molecule has 0 spiro atoms. The van der Waals surface area contributed by atoms with Crippen molar-refractivity contribution in [3.63, 3.8) is 0 Å². The molecule has 1 aliphatic heterocycles. The second-order valence-corrected chi connectivity index (χ2v) is 7.05. The Bertz CT molecular complexity index is 870. The summed E-state index contributed by atoms with van der Waals surface area (Å²) in [6, 6.07) is 9.25. The lowest BCUT2D eigenvalue weighted by atomic mass is 9.89. The van der Waals surface area contributed by atoms with Gasteiger partial charge in [-0.15, -0.1) is 12.4 Å². The molecule has 2 amide bonds. The molecule has 28 heavy (non-hydrogen) atoms. The van der Waals surface area contributed by atoms with Crippen molar-refractivity contribution in [1.29, 1.82) is 0 Å². The lowest BCUT2D eigenvalue weighted by Crippen LogP contribution is -2.45. The molecular formula is C20H25ClN4O3. The van der Waals surface area contributed by atoms with Gasteiger partial charge in [0.25, 0.3) is 0 Å². The van der Waals surface area contributed by atoms with Gasteiger partial charge in [0.2, 0.25) is 5.91 Å². The van der Waals surface area contributed by atoms with Gasteiger partial charge >= 0.3 is 6.09 Å². The zero-order valence-electron chi connectivity index (χ0n) is 16.3. The van der Waals surface area contributed by atoms with E-state index in [1.807, 2.05) is 56.3 Å². The van der Waals surface area contributed by atoms with E-state index in [0.29, 0.717) is 6.42 Å². The van der Waals surface area contributed by atoms with Crippen molar-refractivity contribution in [2.45, 2.75) is 32.4 Å². The summed E-state index contributed by atoms with van der Waals surface area (Å²) in [6.07, 6.45) is 1.25. The SMILES string of the molecule is CC(=O)N1c2ccc(-c3ccc(N(C)C)nc3)cc2[C@H](NC(=O)O)C[C@@H]1C.Cl. The molecule has 0 unspecified atom stereocenters. The van der Waals surface area contributed by atoms with Gasteiger partial charge in [-0.25, -0.2) is 9.78 Å². The quantitative estimate of drug-likeness (QED) is 0.814. The Morgan fingerprint density at radius 3 is 2.43 bits per heavy atom. The number of amides is 2. The van der Waals surface area contributed by atoms with E-state index in [4.69, 9.17) is 0 Å². The van der Waals surface area contributed by atoms with Crippen molar-refractivity contribution in [3.05, 3.63) is 42.1 Å². The Morgan fingerprint density at radius 2 is 1.89 bits per heavy atom. The number of nitrogens with one attached hydrogen (secondary N) is 1. The first-order valence-corrected chi connectivity index (χ1v) is 8.85. The van der Waals surface area contributed by atoms with Crippen LogP contribution in [0, 0.1) is 0 Å². The van der Waals surface area contributed by atoms with Crippen LogP contribution >= 0.6 is 12.4 Å². The van der Waals surface area contributed by atoms with E-state index < -0.39 is 6.09 Å². The minimum Gasteiger partial charge on any atom is -0.465 e. The van der Waals surface area contributed by atoms with Crippen molar-refractivity contribution in [3.8, 4) is 11.1 Å². The highest BCUT2D eigenvalue weighted by Gasteiger charge is 2.33. The molecule has 3 rings (SSSR count). The molecule has 0 radical (unpaired) electrons. The van der Waals surface area contributed by atoms with Crippen LogP contribution in [-0.4, -0.2) is 42.2 Å². The first kappa shape index (κ1) is 21.5. The number of carboxylic acid groups (broad SMARTS) is 1. The largest absolute Gasteiger partial charge is 0.465 e. The third kappa shape index (κ3) is 4.20.